The van der Waals surface area contributed by atoms with Gasteiger partial charge >= 0.3 is 0 Å². The highest BCUT2D eigenvalue weighted by atomic mass is 16.5. The van der Waals surface area contributed by atoms with Gasteiger partial charge in [-0.1, -0.05) is 19.0 Å². The van der Waals surface area contributed by atoms with Crippen LogP contribution < -0.4 is 5.32 Å². The van der Waals surface area contributed by atoms with Crippen molar-refractivity contribution < 1.29 is 9.32 Å². The Morgan fingerprint density at radius 1 is 1.44 bits per heavy atom. The molecular weight excluding hydrogens is 318 g/mol. The van der Waals surface area contributed by atoms with Gasteiger partial charge in [-0.3, -0.25) is 19.7 Å². The van der Waals surface area contributed by atoms with Crippen LogP contribution in [0.5, 0.6) is 0 Å². The van der Waals surface area contributed by atoms with Crippen molar-refractivity contribution in [2.75, 3.05) is 18.4 Å². The second-order valence-electron chi connectivity index (χ2n) is 7.16. The van der Waals surface area contributed by atoms with Crippen LogP contribution in [0.2, 0.25) is 0 Å². The number of hydrogen-bond acceptors (Lipinski definition) is 5. The van der Waals surface area contributed by atoms with Gasteiger partial charge in [-0.05, 0) is 39.2 Å². The first-order valence-corrected chi connectivity index (χ1v) is 8.87. The molecular formula is C18H27N5O2. The summed E-state index contributed by atoms with van der Waals surface area (Å²) >= 11 is 0. The van der Waals surface area contributed by atoms with Gasteiger partial charge in [0.25, 0.3) is 0 Å². The van der Waals surface area contributed by atoms with Crippen LogP contribution in [-0.4, -0.2) is 38.8 Å². The van der Waals surface area contributed by atoms with Gasteiger partial charge < -0.3 is 4.52 Å². The fraction of sp³-hybridized carbons (Fsp3) is 0.611. The topological polar surface area (TPSA) is 76.2 Å². The molecule has 1 amide bonds. The smallest absolute Gasteiger partial charge is 0.240 e. The fourth-order valence-electron chi connectivity index (χ4n) is 3.60. The standard InChI is InChI=1S/C18H27N5O2/c1-11(2)14-9-17(25-21-14)19-16(24)10-23-8-6-7-15(23)18-12(3)20-22(5)13(18)4/h9,11,15H,6-8,10H2,1-5H3,(H,19,24). The molecule has 0 saturated carbocycles. The fourth-order valence-corrected chi connectivity index (χ4v) is 3.60. The van der Waals surface area contributed by atoms with E-state index >= 15 is 0 Å². The van der Waals surface area contributed by atoms with Crippen molar-refractivity contribution in [1.82, 2.24) is 19.8 Å². The second kappa shape index (κ2) is 7.00. The second-order valence-corrected chi connectivity index (χ2v) is 7.16. The number of amides is 1. The third-order valence-electron chi connectivity index (χ3n) is 4.99. The molecule has 136 valence electrons. The summed E-state index contributed by atoms with van der Waals surface area (Å²) in [5.41, 5.74) is 4.33. The van der Waals surface area contributed by atoms with E-state index < -0.39 is 0 Å². The molecule has 0 aromatic carbocycles. The van der Waals surface area contributed by atoms with Crippen molar-refractivity contribution in [1.29, 1.82) is 0 Å². The summed E-state index contributed by atoms with van der Waals surface area (Å²) in [6.45, 7) is 9.47. The summed E-state index contributed by atoms with van der Waals surface area (Å²) < 4.78 is 7.12. The minimum Gasteiger partial charge on any atom is -0.338 e. The molecule has 7 heteroatoms. The Hall–Kier alpha value is -2.15. The number of nitrogens with one attached hydrogen (secondary N) is 1. The molecule has 1 N–H and O–H groups in total. The molecule has 1 atom stereocenters. The molecule has 0 radical (unpaired) electrons. The number of anilines is 1. The largest absolute Gasteiger partial charge is 0.338 e. The lowest BCUT2D eigenvalue weighted by atomic mass is 10.0. The Kier molecular flexibility index (Phi) is 4.94. The van der Waals surface area contributed by atoms with E-state index in [9.17, 15) is 4.79 Å². The van der Waals surface area contributed by atoms with E-state index in [0.717, 1.165) is 30.8 Å². The first-order valence-electron chi connectivity index (χ1n) is 8.87. The van der Waals surface area contributed by atoms with Crippen LogP contribution in [0.25, 0.3) is 0 Å². The molecule has 1 fully saturated rings. The van der Waals surface area contributed by atoms with Gasteiger partial charge in [0.15, 0.2) is 0 Å². The van der Waals surface area contributed by atoms with Crippen molar-refractivity contribution in [2.24, 2.45) is 7.05 Å². The summed E-state index contributed by atoms with van der Waals surface area (Å²) in [6.07, 6.45) is 2.14. The van der Waals surface area contributed by atoms with Gasteiger partial charge in [-0.2, -0.15) is 5.10 Å². The molecule has 0 spiro atoms. The summed E-state index contributed by atoms with van der Waals surface area (Å²) in [5, 5.41) is 11.3. The molecule has 2 aromatic rings. The van der Waals surface area contributed by atoms with Crippen LogP contribution in [0.4, 0.5) is 5.88 Å². The third-order valence-corrected chi connectivity index (χ3v) is 4.99. The Labute approximate surface area is 148 Å². The molecule has 0 aliphatic carbocycles. The molecule has 1 saturated heterocycles. The van der Waals surface area contributed by atoms with Gasteiger partial charge in [0.05, 0.1) is 17.9 Å². The number of likely N-dealkylation sites (tertiary alicyclic amines) is 1. The van der Waals surface area contributed by atoms with E-state index in [1.54, 1.807) is 6.07 Å². The average Bonchev–Trinajstić information content (AvgIpc) is 3.22. The van der Waals surface area contributed by atoms with E-state index in [0.29, 0.717) is 12.4 Å². The number of nitrogens with zero attached hydrogens (tertiary/aromatic N) is 4. The van der Waals surface area contributed by atoms with Gasteiger partial charge in [-0.25, -0.2) is 0 Å². The predicted molar refractivity (Wildman–Crippen MR) is 95.5 cm³/mol. The maximum absolute atomic E-state index is 12.4. The maximum Gasteiger partial charge on any atom is 0.240 e. The van der Waals surface area contributed by atoms with Crippen LogP contribution >= 0.6 is 0 Å². The molecule has 3 heterocycles. The first-order chi connectivity index (χ1) is 11.9. The number of aromatic nitrogens is 3. The normalized spacial score (nSPS) is 18.2. The van der Waals surface area contributed by atoms with E-state index in [-0.39, 0.29) is 17.9 Å². The van der Waals surface area contributed by atoms with Crippen molar-refractivity contribution in [3.8, 4) is 0 Å². The lowest BCUT2D eigenvalue weighted by Gasteiger charge is -2.24. The Bertz CT molecular complexity index is 762. The third kappa shape index (κ3) is 3.61. The van der Waals surface area contributed by atoms with Gasteiger partial charge in [0.2, 0.25) is 11.8 Å². The van der Waals surface area contributed by atoms with E-state index in [1.165, 1.54) is 11.3 Å². The number of hydrogen-bond donors (Lipinski definition) is 1. The summed E-state index contributed by atoms with van der Waals surface area (Å²) in [6, 6.07) is 2.04. The number of aryl methyl sites for hydroxylation is 2. The van der Waals surface area contributed by atoms with E-state index in [4.69, 9.17) is 4.52 Å². The monoisotopic (exact) mass is 345 g/mol. The zero-order chi connectivity index (χ0) is 18.1. The Morgan fingerprint density at radius 3 is 2.80 bits per heavy atom. The highest BCUT2D eigenvalue weighted by Gasteiger charge is 2.31. The Morgan fingerprint density at radius 2 is 2.20 bits per heavy atom. The van der Waals surface area contributed by atoms with E-state index in [1.807, 2.05) is 32.5 Å². The minimum atomic E-state index is -0.0717. The SMILES string of the molecule is Cc1nn(C)c(C)c1C1CCCN1CC(=O)Nc1cc(C(C)C)no1. The zero-order valence-electron chi connectivity index (χ0n) is 15.7. The van der Waals surface area contributed by atoms with Gasteiger partial charge in [0, 0.05) is 30.4 Å². The van der Waals surface area contributed by atoms with Crippen LogP contribution in [0.1, 0.15) is 61.3 Å². The van der Waals surface area contributed by atoms with Crippen LogP contribution in [-0.2, 0) is 11.8 Å². The molecule has 25 heavy (non-hydrogen) atoms. The van der Waals surface area contributed by atoms with Gasteiger partial charge in [0.1, 0.15) is 0 Å². The van der Waals surface area contributed by atoms with Crippen LogP contribution in [0.3, 0.4) is 0 Å². The summed E-state index contributed by atoms with van der Waals surface area (Å²) in [4.78, 5) is 14.7. The molecule has 0 bridgehead atoms. The average molecular weight is 345 g/mol. The zero-order valence-corrected chi connectivity index (χ0v) is 15.7. The molecule has 2 aromatic heterocycles. The maximum atomic E-state index is 12.4. The number of rotatable bonds is 5. The van der Waals surface area contributed by atoms with Crippen molar-refractivity contribution in [3.63, 3.8) is 0 Å². The van der Waals surface area contributed by atoms with Crippen molar-refractivity contribution in [2.45, 2.75) is 52.5 Å². The summed E-state index contributed by atoms with van der Waals surface area (Å²) in [5.74, 6) is 0.615. The van der Waals surface area contributed by atoms with Crippen molar-refractivity contribution >= 4 is 11.8 Å². The highest BCUT2D eigenvalue weighted by Crippen LogP contribution is 2.35. The molecule has 7 nitrogen and oxygen atoms in total. The Balaban J connectivity index is 1.67. The quantitative estimate of drug-likeness (QED) is 0.902. The van der Waals surface area contributed by atoms with E-state index in [2.05, 4.69) is 27.4 Å². The minimum absolute atomic E-state index is 0.0717. The lowest BCUT2D eigenvalue weighted by molar-refractivity contribution is -0.117. The number of carbonyl (C=O) groups is 1. The molecule has 1 aliphatic rings. The van der Waals surface area contributed by atoms with Gasteiger partial charge in [-0.15, -0.1) is 0 Å². The first kappa shape index (κ1) is 17.7. The van der Waals surface area contributed by atoms with Crippen molar-refractivity contribution in [3.05, 3.63) is 28.7 Å². The molecule has 3 rings (SSSR count). The number of carbonyl (C=O) groups excluding carboxylic acids is 1. The predicted octanol–water partition coefficient (Wildman–Crippen LogP) is 2.92. The van der Waals surface area contributed by atoms with Crippen LogP contribution in [0, 0.1) is 13.8 Å². The highest BCUT2D eigenvalue weighted by molar-refractivity contribution is 5.91. The lowest BCUT2D eigenvalue weighted by Crippen LogP contribution is -2.33. The summed E-state index contributed by atoms with van der Waals surface area (Å²) in [7, 11) is 1.97. The molecule has 1 aliphatic heterocycles. The van der Waals surface area contributed by atoms with Crippen LogP contribution in [0.15, 0.2) is 10.6 Å². The molecule has 1 unspecified atom stereocenters.